The highest BCUT2D eigenvalue weighted by Crippen LogP contribution is 2.30. The maximum Gasteiger partial charge on any atom is 0.466 e. The van der Waals surface area contributed by atoms with Crippen LogP contribution in [0.1, 0.15) is 6.23 Å². The van der Waals surface area contributed by atoms with E-state index in [1.807, 2.05) is 0 Å². The van der Waals surface area contributed by atoms with E-state index in [2.05, 4.69) is 4.98 Å². The molecule has 10 nitrogen and oxygen atoms in total. The Hall–Kier alpha value is -0.940. The molecule has 2 rings (SSSR count). The third-order valence-electron chi connectivity index (χ3n) is 2.04. The summed E-state index contributed by atoms with van der Waals surface area (Å²) in [7, 11) is -4.64. The van der Waals surface area contributed by atoms with E-state index in [1.54, 1.807) is 12.3 Å². The second-order valence-electron chi connectivity index (χ2n) is 3.59. The number of ether oxygens (including phenoxy) is 1. The van der Waals surface area contributed by atoms with Crippen LogP contribution in [0.15, 0.2) is 17.1 Å². The molecular weight excluding hydrogens is 313 g/mol. The minimum atomic E-state index is -4.64. The first-order chi connectivity index (χ1) is 9.20. The number of nitrogen functional groups attached to an aromatic ring is 1. The van der Waals surface area contributed by atoms with Crippen molar-refractivity contribution in [2.24, 2.45) is 0 Å². The third-order valence-corrected chi connectivity index (χ3v) is 3.15. The molecule has 0 unspecified atom stereocenters. The fraction of sp³-hybridized carbons (Fsp3) is 0.500. The normalized spacial score (nSPS) is 22.2. The monoisotopic (exact) mass is 327 g/mol. The predicted octanol–water partition coefficient (Wildman–Crippen LogP) is -1.52. The molecule has 12 heteroatoms. The van der Waals surface area contributed by atoms with Gasteiger partial charge in [-0.15, -0.1) is 11.8 Å². The molecule has 20 heavy (non-hydrogen) atoms. The van der Waals surface area contributed by atoms with Crippen molar-refractivity contribution >= 4 is 25.4 Å². The zero-order valence-electron chi connectivity index (χ0n) is 10.1. The molecule has 0 saturated carbocycles. The van der Waals surface area contributed by atoms with Crippen molar-refractivity contribution in [2.45, 2.75) is 11.7 Å². The molecule has 1 aromatic heterocycles. The van der Waals surface area contributed by atoms with E-state index in [1.165, 1.54) is 16.3 Å². The molecule has 0 radical (unpaired) electrons. The number of nitrogens with two attached hydrogens (primary N) is 1. The molecule has 2 heterocycles. The lowest BCUT2D eigenvalue weighted by atomic mass is 10.5. The van der Waals surface area contributed by atoms with Gasteiger partial charge in [0.2, 0.25) is 0 Å². The lowest BCUT2D eigenvalue weighted by Crippen LogP contribution is -2.28. The van der Waals surface area contributed by atoms with Crippen LogP contribution in [-0.2, 0) is 9.30 Å². The number of hydrogen-bond donors (Lipinski definition) is 5. The standard InChI is InChI=1S/C8H11N3O3S.H3O4P/c9-5-1-2-11(8(13)10-5)6-4-15-7(3-12)14-6;1-5(2,3)4/h1-2,6-7,12H,3-4H2,(H2,9,10,13);(H3,1,2,3,4)/t6-,7+;/m0./s1. The number of aliphatic hydroxyl groups excluding tert-OH is 1. The lowest BCUT2D eigenvalue weighted by Gasteiger charge is -2.13. The van der Waals surface area contributed by atoms with Gasteiger partial charge in [-0.1, -0.05) is 0 Å². The van der Waals surface area contributed by atoms with Crippen LogP contribution < -0.4 is 11.4 Å². The topological polar surface area (TPSA) is 168 Å². The van der Waals surface area contributed by atoms with Crippen LogP contribution in [0, 0.1) is 0 Å². The van der Waals surface area contributed by atoms with Gasteiger partial charge in [0.1, 0.15) is 17.5 Å². The van der Waals surface area contributed by atoms with Gasteiger partial charge >= 0.3 is 13.5 Å². The Labute approximate surface area is 117 Å². The van der Waals surface area contributed by atoms with E-state index >= 15 is 0 Å². The van der Waals surface area contributed by atoms with Crippen molar-refractivity contribution in [2.75, 3.05) is 18.1 Å². The van der Waals surface area contributed by atoms with Gasteiger partial charge in [-0.3, -0.25) is 4.57 Å². The van der Waals surface area contributed by atoms with Crippen LogP contribution in [0.4, 0.5) is 5.82 Å². The van der Waals surface area contributed by atoms with Crippen LogP contribution in [0.3, 0.4) is 0 Å². The molecule has 6 N–H and O–H groups in total. The van der Waals surface area contributed by atoms with E-state index < -0.39 is 13.5 Å². The van der Waals surface area contributed by atoms with Gasteiger partial charge in [-0.25, -0.2) is 9.36 Å². The van der Waals surface area contributed by atoms with Gasteiger partial charge in [0, 0.05) is 11.9 Å². The Balaban J connectivity index is 0.000000347. The molecule has 1 aromatic rings. The zero-order chi connectivity index (χ0) is 15.3. The first-order valence-corrected chi connectivity index (χ1v) is 7.83. The highest BCUT2D eigenvalue weighted by Gasteiger charge is 2.27. The molecule has 1 aliphatic rings. The highest BCUT2D eigenvalue weighted by molar-refractivity contribution is 8.00. The fourth-order valence-electron chi connectivity index (χ4n) is 1.33. The quantitative estimate of drug-likeness (QED) is 0.402. The van der Waals surface area contributed by atoms with Gasteiger partial charge in [-0.05, 0) is 6.07 Å². The largest absolute Gasteiger partial charge is 0.466 e. The van der Waals surface area contributed by atoms with Crippen molar-refractivity contribution < 1.29 is 29.1 Å². The number of aromatic nitrogens is 2. The van der Waals surface area contributed by atoms with Crippen molar-refractivity contribution in [1.29, 1.82) is 0 Å². The van der Waals surface area contributed by atoms with Crippen LogP contribution >= 0.6 is 19.6 Å². The van der Waals surface area contributed by atoms with Crippen molar-refractivity contribution in [3.05, 3.63) is 22.7 Å². The van der Waals surface area contributed by atoms with Crippen molar-refractivity contribution in [3.63, 3.8) is 0 Å². The fourth-order valence-corrected chi connectivity index (χ4v) is 2.26. The van der Waals surface area contributed by atoms with Crippen LogP contribution in [0.2, 0.25) is 0 Å². The van der Waals surface area contributed by atoms with Gasteiger partial charge in [0.15, 0.2) is 0 Å². The molecule has 1 saturated heterocycles. The van der Waals surface area contributed by atoms with E-state index in [4.69, 9.17) is 34.8 Å². The molecule has 1 aliphatic heterocycles. The van der Waals surface area contributed by atoms with Crippen LogP contribution in [0.5, 0.6) is 0 Å². The number of nitrogens with zero attached hydrogens (tertiary/aromatic N) is 2. The Kier molecular flexibility index (Phi) is 6.14. The number of anilines is 1. The molecule has 0 aromatic carbocycles. The van der Waals surface area contributed by atoms with E-state index in [-0.39, 0.29) is 24.1 Å². The Morgan fingerprint density at radius 2 is 2.15 bits per heavy atom. The summed E-state index contributed by atoms with van der Waals surface area (Å²) in [6, 6.07) is 1.54. The van der Waals surface area contributed by atoms with Crippen LogP contribution in [-0.4, -0.2) is 47.1 Å². The van der Waals surface area contributed by atoms with Gasteiger partial charge in [-0.2, -0.15) is 4.98 Å². The first-order valence-electron chi connectivity index (χ1n) is 5.21. The van der Waals surface area contributed by atoms with E-state index in [0.717, 1.165) is 0 Å². The molecule has 2 atom stereocenters. The highest BCUT2D eigenvalue weighted by atomic mass is 32.2. The molecule has 0 bridgehead atoms. The summed E-state index contributed by atoms with van der Waals surface area (Å²) in [5, 5.41) is 8.88. The van der Waals surface area contributed by atoms with Crippen molar-refractivity contribution in [1.82, 2.24) is 9.55 Å². The SMILES string of the molecule is Nc1ccn([C@@H]2CS[C@H](CO)O2)c(=O)n1.O=P(O)(O)O. The summed E-state index contributed by atoms with van der Waals surface area (Å²) in [5.74, 6) is 0.817. The number of rotatable bonds is 2. The summed E-state index contributed by atoms with van der Waals surface area (Å²) in [4.78, 5) is 36.6. The Bertz CT molecular complexity index is 539. The summed E-state index contributed by atoms with van der Waals surface area (Å²) in [6.45, 7) is -0.0572. The number of hydrogen-bond acceptors (Lipinski definition) is 7. The van der Waals surface area contributed by atoms with Gasteiger partial charge in [0.05, 0.1) is 6.61 Å². The number of aliphatic hydroxyl groups is 1. The maximum atomic E-state index is 11.4. The minimum Gasteiger partial charge on any atom is -0.393 e. The Morgan fingerprint density at radius 3 is 2.60 bits per heavy atom. The molecular formula is C8H14N3O7PS. The summed E-state index contributed by atoms with van der Waals surface area (Å²) in [6.07, 6.45) is 1.18. The smallest absolute Gasteiger partial charge is 0.393 e. The first kappa shape index (κ1) is 17.1. The van der Waals surface area contributed by atoms with Crippen LogP contribution in [0.25, 0.3) is 0 Å². The average molecular weight is 327 g/mol. The van der Waals surface area contributed by atoms with Crippen molar-refractivity contribution in [3.8, 4) is 0 Å². The molecule has 114 valence electrons. The molecule has 0 spiro atoms. The second kappa shape index (κ2) is 7.18. The average Bonchev–Trinajstić information content (AvgIpc) is 2.75. The number of phosphoric acid groups is 1. The van der Waals surface area contributed by atoms with Gasteiger partial charge in [0.25, 0.3) is 0 Å². The zero-order valence-corrected chi connectivity index (χ0v) is 11.8. The van der Waals surface area contributed by atoms with Gasteiger partial charge < -0.3 is 30.3 Å². The lowest BCUT2D eigenvalue weighted by molar-refractivity contribution is -0.00629. The number of thioether (sulfide) groups is 1. The second-order valence-corrected chi connectivity index (χ2v) is 5.81. The van der Waals surface area contributed by atoms with E-state index in [9.17, 15) is 4.79 Å². The maximum absolute atomic E-state index is 11.4. The van der Waals surface area contributed by atoms with E-state index in [0.29, 0.717) is 5.75 Å². The Morgan fingerprint density at radius 1 is 1.55 bits per heavy atom. The minimum absolute atomic E-state index is 0.0572. The summed E-state index contributed by atoms with van der Waals surface area (Å²) in [5.41, 5.74) is 4.67. The summed E-state index contributed by atoms with van der Waals surface area (Å²) < 4.78 is 15.7. The predicted molar refractivity (Wildman–Crippen MR) is 70.6 cm³/mol. The molecule has 1 fully saturated rings. The molecule has 0 amide bonds. The third kappa shape index (κ3) is 6.01. The molecule has 0 aliphatic carbocycles. The summed E-state index contributed by atoms with van der Waals surface area (Å²) >= 11 is 1.47.